The smallest absolute Gasteiger partial charge is 0.343 e. The fourth-order valence-corrected chi connectivity index (χ4v) is 3.41. The van der Waals surface area contributed by atoms with Gasteiger partial charge in [-0.2, -0.15) is 0 Å². The van der Waals surface area contributed by atoms with Crippen LogP contribution in [0, 0.1) is 5.92 Å². The van der Waals surface area contributed by atoms with Crippen molar-refractivity contribution in [2.75, 3.05) is 26.7 Å². The molecule has 0 atom stereocenters. The Labute approximate surface area is 168 Å². The van der Waals surface area contributed by atoms with Gasteiger partial charge >= 0.3 is 5.97 Å². The van der Waals surface area contributed by atoms with E-state index in [0.29, 0.717) is 34.7 Å². The first-order chi connectivity index (χ1) is 14.1. The van der Waals surface area contributed by atoms with Crippen LogP contribution in [0.5, 0.6) is 17.4 Å². The predicted molar refractivity (Wildman–Crippen MR) is 108 cm³/mol. The number of benzene rings is 2. The molecule has 1 aliphatic rings. The summed E-state index contributed by atoms with van der Waals surface area (Å²) in [6.45, 7) is 2.62. The van der Waals surface area contributed by atoms with Gasteiger partial charge in [0.1, 0.15) is 6.33 Å². The molecule has 29 heavy (non-hydrogen) atoms. The SMILES string of the molecule is CN1CCC(COc2cc3ncnc(O)c3cc2OC(=O)c2ccccc2)CC1. The minimum atomic E-state index is -0.495. The van der Waals surface area contributed by atoms with E-state index in [0.717, 1.165) is 25.9 Å². The van der Waals surface area contributed by atoms with Crippen LogP contribution in [-0.2, 0) is 0 Å². The summed E-state index contributed by atoms with van der Waals surface area (Å²) < 4.78 is 11.7. The highest BCUT2D eigenvalue weighted by Gasteiger charge is 2.20. The molecule has 1 saturated heterocycles. The summed E-state index contributed by atoms with van der Waals surface area (Å²) in [4.78, 5) is 22.8. The Balaban J connectivity index is 1.60. The lowest BCUT2D eigenvalue weighted by molar-refractivity contribution is 0.0725. The molecule has 0 spiro atoms. The summed E-state index contributed by atoms with van der Waals surface area (Å²) in [6.07, 6.45) is 3.41. The number of piperidine rings is 1. The number of fused-ring (bicyclic) bond motifs is 1. The van der Waals surface area contributed by atoms with Crippen LogP contribution >= 0.6 is 0 Å². The van der Waals surface area contributed by atoms with Gasteiger partial charge in [-0.05, 0) is 57.1 Å². The molecule has 2 heterocycles. The van der Waals surface area contributed by atoms with Crippen molar-refractivity contribution in [3.8, 4) is 17.4 Å². The number of aromatic hydroxyl groups is 1. The molecule has 0 saturated carbocycles. The number of ether oxygens (including phenoxy) is 2. The lowest BCUT2D eigenvalue weighted by atomic mass is 9.98. The number of esters is 1. The van der Waals surface area contributed by atoms with E-state index in [4.69, 9.17) is 9.47 Å². The second kappa shape index (κ2) is 8.45. The molecule has 1 fully saturated rings. The molecule has 7 heteroatoms. The van der Waals surface area contributed by atoms with E-state index in [1.54, 1.807) is 36.4 Å². The zero-order chi connectivity index (χ0) is 20.2. The van der Waals surface area contributed by atoms with E-state index < -0.39 is 5.97 Å². The van der Waals surface area contributed by atoms with Gasteiger partial charge in [-0.1, -0.05) is 18.2 Å². The van der Waals surface area contributed by atoms with Gasteiger partial charge in [0.05, 0.1) is 23.1 Å². The number of carbonyl (C=O) groups excluding carboxylic acids is 1. The minimum absolute atomic E-state index is 0.172. The van der Waals surface area contributed by atoms with Crippen molar-refractivity contribution in [2.45, 2.75) is 12.8 Å². The van der Waals surface area contributed by atoms with Gasteiger partial charge in [0, 0.05) is 6.07 Å². The summed E-state index contributed by atoms with van der Waals surface area (Å²) in [5, 5.41) is 10.5. The Bertz CT molecular complexity index is 1000. The van der Waals surface area contributed by atoms with Crippen molar-refractivity contribution in [2.24, 2.45) is 5.92 Å². The molecule has 3 aromatic rings. The van der Waals surface area contributed by atoms with Gasteiger partial charge in [-0.25, -0.2) is 14.8 Å². The predicted octanol–water partition coefficient (Wildman–Crippen LogP) is 3.28. The summed E-state index contributed by atoms with van der Waals surface area (Å²) in [5.74, 6) is 0.445. The van der Waals surface area contributed by atoms with Crippen molar-refractivity contribution in [1.82, 2.24) is 14.9 Å². The van der Waals surface area contributed by atoms with Crippen molar-refractivity contribution in [1.29, 1.82) is 0 Å². The normalized spacial score (nSPS) is 15.3. The zero-order valence-electron chi connectivity index (χ0n) is 16.2. The van der Waals surface area contributed by atoms with Gasteiger partial charge in [0.15, 0.2) is 11.5 Å². The second-order valence-electron chi connectivity index (χ2n) is 7.33. The number of hydrogen-bond donors (Lipinski definition) is 1. The van der Waals surface area contributed by atoms with Crippen LogP contribution in [0.2, 0.25) is 0 Å². The third-order valence-electron chi connectivity index (χ3n) is 5.20. The maximum absolute atomic E-state index is 12.6. The van der Waals surface area contributed by atoms with E-state index in [-0.39, 0.29) is 11.6 Å². The molecule has 0 radical (unpaired) electrons. The highest BCUT2D eigenvalue weighted by atomic mass is 16.6. The molecule has 1 aliphatic heterocycles. The Kier molecular flexibility index (Phi) is 5.57. The number of hydrogen-bond acceptors (Lipinski definition) is 7. The van der Waals surface area contributed by atoms with Crippen LogP contribution in [-0.4, -0.2) is 52.7 Å². The van der Waals surface area contributed by atoms with Gasteiger partial charge < -0.3 is 19.5 Å². The largest absolute Gasteiger partial charge is 0.493 e. The van der Waals surface area contributed by atoms with Gasteiger partial charge in [-0.3, -0.25) is 0 Å². The Morgan fingerprint density at radius 1 is 1.14 bits per heavy atom. The molecular weight excluding hydrogens is 370 g/mol. The van der Waals surface area contributed by atoms with Gasteiger partial charge in [0.2, 0.25) is 5.88 Å². The van der Waals surface area contributed by atoms with Crippen LogP contribution in [0.4, 0.5) is 0 Å². The molecule has 0 unspecified atom stereocenters. The average molecular weight is 393 g/mol. The third kappa shape index (κ3) is 4.46. The number of carbonyl (C=O) groups is 1. The first kappa shape index (κ1) is 19.1. The Morgan fingerprint density at radius 2 is 1.90 bits per heavy atom. The van der Waals surface area contributed by atoms with Crippen molar-refractivity contribution >= 4 is 16.9 Å². The fourth-order valence-electron chi connectivity index (χ4n) is 3.41. The molecular formula is C22H23N3O4. The Morgan fingerprint density at radius 3 is 2.66 bits per heavy atom. The van der Waals surface area contributed by atoms with Crippen molar-refractivity contribution in [3.05, 3.63) is 54.4 Å². The number of nitrogens with zero attached hydrogens (tertiary/aromatic N) is 3. The summed E-state index contributed by atoms with van der Waals surface area (Å²) in [6, 6.07) is 12.0. The highest BCUT2D eigenvalue weighted by molar-refractivity contribution is 5.93. The average Bonchev–Trinajstić information content (AvgIpc) is 2.74. The topological polar surface area (TPSA) is 84.8 Å². The minimum Gasteiger partial charge on any atom is -0.493 e. The molecule has 4 rings (SSSR count). The van der Waals surface area contributed by atoms with Gasteiger partial charge in [0.25, 0.3) is 0 Å². The van der Waals surface area contributed by atoms with Crippen LogP contribution in [0.1, 0.15) is 23.2 Å². The fraction of sp³-hybridized carbons (Fsp3) is 0.318. The van der Waals surface area contributed by atoms with Gasteiger partial charge in [-0.15, -0.1) is 0 Å². The molecule has 7 nitrogen and oxygen atoms in total. The molecule has 150 valence electrons. The Hall–Kier alpha value is -3.19. The van der Waals surface area contributed by atoms with Crippen LogP contribution in [0.3, 0.4) is 0 Å². The van der Waals surface area contributed by atoms with E-state index in [9.17, 15) is 9.90 Å². The standard InChI is InChI=1S/C22H23N3O4/c1-25-9-7-15(8-10-25)13-28-19-12-18-17(21(26)24-14-23-18)11-20(19)29-22(27)16-5-3-2-4-6-16/h2-6,11-12,14-15H,7-10,13H2,1H3,(H,23,24,26). The number of aromatic nitrogens is 2. The molecule has 1 aromatic heterocycles. The van der Waals surface area contributed by atoms with Crippen LogP contribution in [0.15, 0.2) is 48.8 Å². The first-order valence-electron chi connectivity index (χ1n) is 9.66. The van der Waals surface area contributed by atoms with E-state index in [1.807, 2.05) is 6.07 Å². The van der Waals surface area contributed by atoms with E-state index in [1.165, 1.54) is 6.33 Å². The molecule has 0 aliphatic carbocycles. The second-order valence-corrected chi connectivity index (χ2v) is 7.33. The maximum Gasteiger partial charge on any atom is 0.343 e. The number of rotatable bonds is 5. The molecule has 0 amide bonds. The molecule has 2 aromatic carbocycles. The zero-order valence-corrected chi connectivity index (χ0v) is 16.2. The summed E-state index contributed by atoms with van der Waals surface area (Å²) >= 11 is 0. The third-order valence-corrected chi connectivity index (χ3v) is 5.20. The maximum atomic E-state index is 12.6. The molecule has 0 bridgehead atoms. The van der Waals surface area contributed by atoms with Crippen molar-refractivity contribution in [3.63, 3.8) is 0 Å². The van der Waals surface area contributed by atoms with E-state index in [2.05, 4.69) is 21.9 Å². The number of likely N-dealkylation sites (tertiary alicyclic amines) is 1. The monoisotopic (exact) mass is 393 g/mol. The summed E-state index contributed by atoms with van der Waals surface area (Å²) in [5.41, 5.74) is 0.956. The molecule has 1 N–H and O–H groups in total. The summed E-state index contributed by atoms with van der Waals surface area (Å²) in [7, 11) is 2.12. The van der Waals surface area contributed by atoms with Crippen LogP contribution < -0.4 is 9.47 Å². The van der Waals surface area contributed by atoms with E-state index >= 15 is 0 Å². The highest BCUT2D eigenvalue weighted by Crippen LogP contribution is 2.35. The van der Waals surface area contributed by atoms with Crippen LogP contribution in [0.25, 0.3) is 10.9 Å². The van der Waals surface area contributed by atoms with Crippen molar-refractivity contribution < 1.29 is 19.4 Å². The quantitative estimate of drug-likeness (QED) is 0.526. The first-order valence-corrected chi connectivity index (χ1v) is 9.66. The lowest BCUT2D eigenvalue weighted by Gasteiger charge is -2.28. The lowest BCUT2D eigenvalue weighted by Crippen LogP contribution is -2.32.